The lowest BCUT2D eigenvalue weighted by atomic mass is 9.91. The number of aliphatic imine (C=N–C) groups is 1. The van der Waals surface area contributed by atoms with Gasteiger partial charge in [-0.25, -0.2) is 4.98 Å². The number of piperazine rings is 1. The minimum atomic E-state index is -0.250. The number of pyridine rings is 1. The molecule has 3 aliphatic heterocycles. The molecule has 5 N–H and O–H groups in total. The Morgan fingerprint density at radius 2 is 2.16 bits per heavy atom. The molecular weight excluding hydrogens is 486 g/mol. The SMILES string of the molecule is COC1=C2OC(CNC(=O)C=Cc3ccc(N)nc3)=CC2CC(C2=NCC(C(=O)N3CCNCC3)=CN2)=C1. The van der Waals surface area contributed by atoms with Gasteiger partial charge in [0.05, 0.1) is 25.8 Å². The minimum absolute atomic E-state index is 0.0259. The molecule has 1 unspecified atom stereocenters. The summed E-state index contributed by atoms with van der Waals surface area (Å²) in [6, 6.07) is 3.46. The average Bonchev–Trinajstić information content (AvgIpc) is 3.38. The van der Waals surface area contributed by atoms with Gasteiger partial charge in [0, 0.05) is 50.6 Å². The molecule has 1 aromatic rings. The smallest absolute Gasteiger partial charge is 0.253 e. The number of allylic oxidation sites excluding steroid dienone is 2. The van der Waals surface area contributed by atoms with E-state index < -0.39 is 0 Å². The first-order valence-corrected chi connectivity index (χ1v) is 12.6. The zero-order valence-electron chi connectivity index (χ0n) is 21.2. The first-order valence-electron chi connectivity index (χ1n) is 12.6. The zero-order chi connectivity index (χ0) is 26.5. The number of nitrogen functional groups attached to an aromatic ring is 1. The van der Waals surface area contributed by atoms with Gasteiger partial charge in [-0.1, -0.05) is 0 Å². The quantitative estimate of drug-likeness (QED) is 0.390. The van der Waals surface area contributed by atoms with Crippen LogP contribution in [0, 0.1) is 5.92 Å². The van der Waals surface area contributed by atoms with E-state index in [1.54, 1.807) is 37.7 Å². The Labute approximate surface area is 220 Å². The van der Waals surface area contributed by atoms with Crippen molar-refractivity contribution in [3.05, 3.63) is 76.7 Å². The topological polar surface area (TPSA) is 143 Å². The second kappa shape index (κ2) is 11.3. The van der Waals surface area contributed by atoms with E-state index in [1.165, 1.54) is 6.08 Å². The molecule has 0 saturated carbocycles. The van der Waals surface area contributed by atoms with Crippen LogP contribution in [0.15, 0.2) is 76.2 Å². The molecule has 4 aliphatic rings. The summed E-state index contributed by atoms with van der Waals surface area (Å²) in [5.41, 5.74) is 7.98. The van der Waals surface area contributed by atoms with Gasteiger partial charge < -0.3 is 36.1 Å². The van der Waals surface area contributed by atoms with Crippen molar-refractivity contribution in [2.45, 2.75) is 6.42 Å². The van der Waals surface area contributed by atoms with Crippen molar-refractivity contribution >= 4 is 29.5 Å². The molecule has 0 aromatic carbocycles. The van der Waals surface area contributed by atoms with Crippen molar-refractivity contribution in [1.82, 2.24) is 25.8 Å². The summed E-state index contributed by atoms with van der Waals surface area (Å²) in [5.74, 6) is 2.85. The third-order valence-corrected chi connectivity index (χ3v) is 6.62. The van der Waals surface area contributed by atoms with E-state index in [2.05, 4.69) is 25.9 Å². The highest BCUT2D eigenvalue weighted by atomic mass is 16.5. The molecule has 0 radical (unpaired) electrons. The minimum Gasteiger partial charge on any atom is -0.493 e. The van der Waals surface area contributed by atoms with Crippen molar-refractivity contribution in [1.29, 1.82) is 0 Å². The second-order valence-electron chi connectivity index (χ2n) is 9.24. The van der Waals surface area contributed by atoms with Gasteiger partial charge >= 0.3 is 0 Å². The number of ether oxygens (including phenoxy) is 2. The van der Waals surface area contributed by atoms with Gasteiger partial charge in [0.15, 0.2) is 11.5 Å². The van der Waals surface area contributed by atoms with Gasteiger partial charge in [0.2, 0.25) is 5.91 Å². The molecular formula is C27H31N7O4. The number of nitrogens with two attached hydrogens (primary N) is 1. The Morgan fingerprint density at radius 3 is 2.87 bits per heavy atom. The van der Waals surface area contributed by atoms with E-state index in [9.17, 15) is 9.59 Å². The van der Waals surface area contributed by atoms with Crippen LogP contribution in [0.3, 0.4) is 0 Å². The number of amides is 2. The fraction of sp³-hybridized carbons (Fsp3) is 0.333. The van der Waals surface area contributed by atoms with Gasteiger partial charge in [0.1, 0.15) is 17.4 Å². The van der Waals surface area contributed by atoms with Crippen LogP contribution in [0.2, 0.25) is 0 Å². The molecule has 1 fully saturated rings. The summed E-state index contributed by atoms with van der Waals surface area (Å²) in [5, 5.41) is 9.30. The fourth-order valence-corrected chi connectivity index (χ4v) is 4.61. The third-order valence-electron chi connectivity index (χ3n) is 6.62. The number of methoxy groups -OCH3 is 1. The molecule has 2 amide bonds. The number of carbonyl (C=O) groups excluding carboxylic acids is 2. The molecule has 4 heterocycles. The molecule has 1 saturated heterocycles. The molecule has 11 heteroatoms. The molecule has 1 atom stereocenters. The maximum absolute atomic E-state index is 12.8. The lowest BCUT2D eigenvalue weighted by molar-refractivity contribution is -0.127. The standard InChI is InChI=1S/C27H31N7O4/c1-37-22-12-19(26-32-14-20(15-33-26)27(36)34-8-6-29-7-9-34)10-18-11-21(38-25(18)22)16-31-24(35)5-3-17-2-4-23(28)30-13-17/h2-5,11-14,18,29H,6-10,15-16H2,1H3,(H2,28,30)(H,31,35)(H,32,33). The Hall–Kier alpha value is -4.38. The number of hydrogen-bond acceptors (Lipinski definition) is 9. The average molecular weight is 518 g/mol. The van der Waals surface area contributed by atoms with Crippen LogP contribution in [-0.4, -0.2) is 73.9 Å². The Morgan fingerprint density at radius 1 is 1.32 bits per heavy atom. The maximum Gasteiger partial charge on any atom is 0.253 e. The van der Waals surface area contributed by atoms with Crippen LogP contribution in [0.25, 0.3) is 6.08 Å². The molecule has 198 valence electrons. The van der Waals surface area contributed by atoms with Crippen molar-refractivity contribution in [3.8, 4) is 0 Å². The van der Waals surface area contributed by atoms with Crippen LogP contribution < -0.4 is 21.7 Å². The molecule has 1 aromatic heterocycles. The third kappa shape index (κ3) is 5.78. The number of aromatic nitrogens is 1. The highest BCUT2D eigenvalue weighted by Crippen LogP contribution is 2.38. The Balaban J connectivity index is 1.17. The molecule has 0 spiro atoms. The normalized spacial score (nSPS) is 21.0. The first-order chi connectivity index (χ1) is 18.5. The molecule has 0 bridgehead atoms. The van der Waals surface area contributed by atoms with Crippen molar-refractivity contribution in [3.63, 3.8) is 0 Å². The number of anilines is 1. The summed E-state index contributed by atoms with van der Waals surface area (Å²) in [6.45, 7) is 3.60. The number of rotatable bonds is 7. The number of hydrogen-bond donors (Lipinski definition) is 4. The second-order valence-corrected chi connectivity index (χ2v) is 9.24. The van der Waals surface area contributed by atoms with Crippen LogP contribution in [0.4, 0.5) is 5.82 Å². The van der Waals surface area contributed by atoms with Crippen LogP contribution >= 0.6 is 0 Å². The van der Waals surface area contributed by atoms with E-state index >= 15 is 0 Å². The predicted octanol–water partition coefficient (Wildman–Crippen LogP) is 0.829. The van der Waals surface area contributed by atoms with Crippen LogP contribution in [-0.2, 0) is 19.1 Å². The first kappa shape index (κ1) is 25.3. The van der Waals surface area contributed by atoms with E-state index in [1.807, 2.05) is 17.1 Å². The summed E-state index contributed by atoms with van der Waals surface area (Å²) in [7, 11) is 1.60. The highest BCUT2D eigenvalue weighted by molar-refractivity contribution is 6.03. The Kier molecular flexibility index (Phi) is 7.55. The Bertz CT molecular complexity index is 1280. The zero-order valence-corrected chi connectivity index (χ0v) is 21.2. The lowest BCUT2D eigenvalue weighted by Crippen LogP contribution is -2.47. The number of nitrogens with one attached hydrogen (secondary N) is 3. The summed E-state index contributed by atoms with van der Waals surface area (Å²) in [6.07, 6.45) is 11.0. The highest BCUT2D eigenvalue weighted by Gasteiger charge is 2.33. The summed E-state index contributed by atoms with van der Waals surface area (Å²) < 4.78 is 11.6. The number of amidine groups is 1. The molecule has 1 aliphatic carbocycles. The maximum atomic E-state index is 12.8. The number of carbonyl (C=O) groups is 2. The molecule has 11 nitrogen and oxygen atoms in total. The predicted molar refractivity (Wildman–Crippen MR) is 143 cm³/mol. The lowest BCUT2D eigenvalue weighted by Gasteiger charge is -2.29. The van der Waals surface area contributed by atoms with Crippen molar-refractivity contribution in [2.24, 2.45) is 10.9 Å². The van der Waals surface area contributed by atoms with Gasteiger partial charge in [0.25, 0.3) is 5.91 Å². The largest absolute Gasteiger partial charge is 0.493 e. The van der Waals surface area contributed by atoms with Gasteiger partial charge in [-0.15, -0.1) is 0 Å². The monoisotopic (exact) mass is 517 g/mol. The van der Waals surface area contributed by atoms with Gasteiger partial charge in [-0.3, -0.25) is 14.6 Å². The number of nitrogens with zero attached hydrogens (tertiary/aromatic N) is 3. The van der Waals surface area contributed by atoms with E-state index in [4.69, 9.17) is 15.2 Å². The summed E-state index contributed by atoms with van der Waals surface area (Å²) >= 11 is 0. The van der Waals surface area contributed by atoms with Crippen LogP contribution in [0.1, 0.15) is 12.0 Å². The van der Waals surface area contributed by atoms with Gasteiger partial charge in [-0.2, -0.15) is 0 Å². The fourth-order valence-electron chi connectivity index (χ4n) is 4.61. The van der Waals surface area contributed by atoms with E-state index in [0.29, 0.717) is 60.6 Å². The van der Waals surface area contributed by atoms with Gasteiger partial charge in [-0.05, 0) is 47.9 Å². The van der Waals surface area contributed by atoms with Crippen LogP contribution in [0.5, 0.6) is 0 Å². The molecule has 38 heavy (non-hydrogen) atoms. The van der Waals surface area contributed by atoms with E-state index in [-0.39, 0.29) is 24.3 Å². The van der Waals surface area contributed by atoms with E-state index in [0.717, 1.165) is 24.2 Å². The summed E-state index contributed by atoms with van der Waals surface area (Å²) in [4.78, 5) is 35.6. The number of fused-ring (bicyclic) bond motifs is 1. The van der Waals surface area contributed by atoms with Crippen molar-refractivity contribution in [2.75, 3.05) is 52.1 Å². The van der Waals surface area contributed by atoms with Crippen molar-refractivity contribution < 1.29 is 19.1 Å². The molecule has 5 rings (SSSR count).